The molecule has 0 saturated heterocycles. The van der Waals surface area contributed by atoms with E-state index >= 15 is 0 Å². The van der Waals surface area contributed by atoms with Gasteiger partial charge in [0.1, 0.15) is 18.1 Å². The maximum Gasteiger partial charge on any atom is 0.338 e. The van der Waals surface area contributed by atoms with Crippen LogP contribution in [0.5, 0.6) is 5.75 Å². The zero-order chi connectivity index (χ0) is 22.0. The van der Waals surface area contributed by atoms with E-state index in [0.717, 1.165) is 34.7 Å². The van der Waals surface area contributed by atoms with Gasteiger partial charge in [-0.15, -0.1) is 0 Å². The monoisotopic (exact) mass is 420 g/mol. The van der Waals surface area contributed by atoms with Crippen LogP contribution in [0.3, 0.4) is 0 Å². The topological polar surface area (TPSA) is 81.9 Å². The van der Waals surface area contributed by atoms with E-state index in [-0.39, 0.29) is 5.91 Å². The second-order valence-corrected chi connectivity index (χ2v) is 7.53. The van der Waals surface area contributed by atoms with Crippen LogP contribution in [-0.2, 0) is 22.6 Å². The summed E-state index contributed by atoms with van der Waals surface area (Å²) in [5.74, 6) is 0.551. The van der Waals surface area contributed by atoms with E-state index in [2.05, 4.69) is 5.16 Å². The van der Waals surface area contributed by atoms with Gasteiger partial charge in [-0.2, -0.15) is 0 Å². The molecule has 0 spiro atoms. The first-order valence-electron chi connectivity index (χ1n) is 10.2. The smallest absolute Gasteiger partial charge is 0.338 e. The van der Waals surface area contributed by atoms with Gasteiger partial charge in [0, 0.05) is 12.2 Å². The molecule has 1 aliphatic rings. The molecule has 0 saturated carbocycles. The molecule has 3 aromatic rings. The Kier molecular flexibility index (Phi) is 5.75. The summed E-state index contributed by atoms with van der Waals surface area (Å²) in [4.78, 5) is 27.0. The number of nitrogens with zero attached hydrogens (tertiary/aromatic N) is 2. The predicted molar refractivity (Wildman–Crippen MR) is 114 cm³/mol. The lowest BCUT2D eigenvalue weighted by Gasteiger charge is -2.21. The Morgan fingerprint density at radius 1 is 1.13 bits per heavy atom. The van der Waals surface area contributed by atoms with Gasteiger partial charge in [0.05, 0.1) is 16.8 Å². The minimum atomic E-state index is -0.880. The number of carbonyl (C=O) groups is 2. The number of anilines is 1. The van der Waals surface area contributed by atoms with Crippen LogP contribution in [0.1, 0.15) is 39.9 Å². The van der Waals surface area contributed by atoms with Crippen LogP contribution in [0.4, 0.5) is 5.69 Å². The Bertz CT molecular complexity index is 1080. The average molecular weight is 420 g/mol. The molecule has 160 valence electrons. The first-order chi connectivity index (χ1) is 14.9. The number of carbonyl (C=O) groups excluding carboxylic acids is 2. The van der Waals surface area contributed by atoms with Crippen molar-refractivity contribution in [3.63, 3.8) is 0 Å². The third kappa shape index (κ3) is 4.30. The van der Waals surface area contributed by atoms with Crippen molar-refractivity contribution >= 4 is 17.6 Å². The molecule has 7 heteroatoms. The number of esters is 1. The number of aromatic nitrogens is 1. The van der Waals surface area contributed by atoms with Crippen LogP contribution < -0.4 is 9.64 Å². The van der Waals surface area contributed by atoms with E-state index in [1.165, 1.54) is 0 Å². The van der Waals surface area contributed by atoms with Gasteiger partial charge in [-0.25, -0.2) is 4.79 Å². The van der Waals surface area contributed by atoms with E-state index in [1.807, 2.05) is 38.1 Å². The summed E-state index contributed by atoms with van der Waals surface area (Å²) < 4.78 is 16.3. The van der Waals surface area contributed by atoms with Crippen LogP contribution >= 0.6 is 0 Å². The summed E-state index contributed by atoms with van der Waals surface area (Å²) in [6, 6.07) is 14.4. The van der Waals surface area contributed by atoms with Crippen molar-refractivity contribution < 1.29 is 23.6 Å². The molecule has 4 rings (SSSR count). The summed E-state index contributed by atoms with van der Waals surface area (Å²) in [5, 5.41) is 3.90. The number of fused-ring (bicyclic) bond motifs is 1. The lowest BCUT2D eigenvalue weighted by atomic mass is 10.2. The van der Waals surface area contributed by atoms with Crippen molar-refractivity contribution in [3.05, 3.63) is 76.7 Å². The lowest BCUT2D eigenvalue weighted by Crippen LogP contribution is -2.39. The van der Waals surface area contributed by atoms with Gasteiger partial charge in [-0.1, -0.05) is 23.4 Å². The minimum Gasteiger partial charge on any atom is -0.489 e. The number of amides is 1. The van der Waals surface area contributed by atoms with Gasteiger partial charge in [0.25, 0.3) is 5.91 Å². The van der Waals surface area contributed by atoms with Crippen molar-refractivity contribution in [1.82, 2.24) is 5.16 Å². The summed E-state index contributed by atoms with van der Waals surface area (Å²) in [7, 11) is 0. The summed E-state index contributed by atoms with van der Waals surface area (Å²) in [5.41, 5.74) is 4.05. The molecular formula is C24H24N2O5. The zero-order valence-corrected chi connectivity index (χ0v) is 17.8. The molecule has 1 amide bonds. The highest BCUT2D eigenvalue weighted by Crippen LogP contribution is 2.28. The number of rotatable bonds is 6. The standard InChI is InChI=1S/C24H24N2O5/c1-15-21(16(2)31-25-15)14-29-20-10-8-19(9-11-20)24(28)30-17(3)23(27)26-13-12-18-6-4-5-7-22(18)26/h4-11,17H,12-14H2,1-3H3/t17-/m0/s1. The molecule has 0 radical (unpaired) electrons. The Labute approximate surface area is 180 Å². The SMILES string of the molecule is Cc1noc(C)c1COc1ccc(C(=O)O[C@@H](C)C(=O)N2CCc3ccccc32)cc1. The number of hydrogen-bond donors (Lipinski definition) is 0. The summed E-state index contributed by atoms with van der Waals surface area (Å²) >= 11 is 0. The van der Waals surface area contributed by atoms with Crippen LogP contribution in [0.15, 0.2) is 53.1 Å². The predicted octanol–water partition coefficient (Wildman–Crippen LogP) is 4.01. The highest BCUT2D eigenvalue weighted by Gasteiger charge is 2.30. The normalized spacial score (nSPS) is 13.6. The maximum atomic E-state index is 12.8. The third-order valence-corrected chi connectivity index (χ3v) is 5.44. The van der Waals surface area contributed by atoms with Gasteiger partial charge in [0.2, 0.25) is 0 Å². The molecule has 2 aromatic carbocycles. The molecule has 7 nitrogen and oxygen atoms in total. The van der Waals surface area contributed by atoms with Gasteiger partial charge in [-0.05, 0) is 63.1 Å². The second kappa shape index (κ2) is 8.63. The molecular weight excluding hydrogens is 396 g/mol. The van der Waals surface area contributed by atoms with Crippen molar-refractivity contribution in [1.29, 1.82) is 0 Å². The Balaban J connectivity index is 1.35. The van der Waals surface area contributed by atoms with Gasteiger partial charge in [-0.3, -0.25) is 4.79 Å². The van der Waals surface area contributed by atoms with E-state index in [4.69, 9.17) is 14.0 Å². The molecule has 0 unspecified atom stereocenters. The van der Waals surface area contributed by atoms with Gasteiger partial charge >= 0.3 is 5.97 Å². The molecule has 2 heterocycles. The van der Waals surface area contributed by atoms with E-state index in [0.29, 0.717) is 24.5 Å². The van der Waals surface area contributed by atoms with E-state index in [9.17, 15) is 9.59 Å². The number of para-hydroxylation sites is 1. The summed E-state index contributed by atoms with van der Waals surface area (Å²) in [6.45, 7) is 6.21. The largest absolute Gasteiger partial charge is 0.489 e. The van der Waals surface area contributed by atoms with Crippen LogP contribution in [0.25, 0.3) is 0 Å². The number of hydrogen-bond acceptors (Lipinski definition) is 6. The van der Waals surface area contributed by atoms with Crippen molar-refractivity contribution in [2.45, 2.75) is 39.9 Å². The molecule has 1 aromatic heterocycles. The average Bonchev–Trinajstić information content (AvgIpc) is 3.35. The van der Waals surface area contributed by atoms with Crippen LogP contribution in [-0.4, -0.2) is 29.7 Å². The Hall–Kier alpha value is -3.61. The highest BCUT2D eigenvalue weighted by molar-refractivity contribution is 6.00. The van der Waals surface area contributed by atoms with Crippen LogP contribution in [0, 0.1) is 13.8 Å². The number of benzene rings is 2. The van der Waals surface area contributed by atoms with E-state index < -0.39 is 12.1 Å². The molecule has 0 bridgehead atoms. The summed E-state index contributed by atoms with van der Waals surface area (Å²) in [6.07, 6.45) is -0.0769. The van der Waals surface area contributed by atoms with Crippen LogP contribution in [0.2, 0.25) is 0 Å². The Morgan fingerprint density at radius 2 is 1.87 bits per heavy atom. The van der Waals surface area contributed by atoms with Gasteiger partial charge in [0.15, 0.2) is 6.10 Å². The maximum absolute atomic E-state index is 12.8. The molecule has 31 heavy (non-hydrogen) atoms. The lowest BCUT2D eigenvalue weighted by molar-refractivity contribution is -0.126. The number of aryl methyl sites for hydroxylation is 2. The quantitative estimate of drug-likeness (QED) is 0.561. The molecule has 0 N–H and O–H groups in total. The number of ether oxygens (including phenoxy) is 2. The first kappa shape index (κ1) is 20.7. The fourth-order valence-corrected chi connectivity index (χ4v) is 3.62. The fraction of sp³-hybridized carbons (Fsp3) is 0.292. The fourth-order valence-electron chi connectivity index (χ4n) is 3.62. The van der Waals surface area contributed by atoms with Crippen molar-refractivity contribution in [2.75, 3.05) is 11.4 Å². The van der Waals surface area contributed by atoms with Crippen molar-refractivity contribution in [2.24, 2.45) is 0 Å². The Morgan fingerprint density at radius 3 is 2.58 bits per heavy atom. The third-order valence-electron chi connectivity index (χ3n) is 5.44. The highest BCUT2D eigenvalue weighted by atomic mass is 16.5. The minimum absolute atomic E-state index is 0.224. The molecule has 0 fully saturated rings. The van der Waals surface area contributed by atoms with Gasteiger partial charge < -0.3 is 18.9 Å². The molecule has 1 aliphatic heterocycles. The molecule has 1 atom stereocenters. The zero-order valence-electron chi connectivity index (χ0n) is 17.8. The second-order valence-electron chi connectivity index (χ2n) is 7.53. The van der Waals surface area contributed by atoms with E-state index in [1.54, 1.807) is 36.1 Å². The first-order valence-corrected chi connectivity index (χ1v) is 10.2. The molecule has 0 aliphatic carbocycles. The van der Waals surface area contributed by atoms with Crippen molar-refractivity contribution in [3.8, 4) is 5.75 Å².